The van der Waals surface area contributed by atoms with Gasteiger partial charge in [0.2, 0.25) is 17.7 Å². The number of nitrogens with zero attached hydrogens (tertiary/aromatic N) is 3. The third kappa shape index (κ3) is 8.41. The average Bonchev–Trinajstić information content (AvgIpc) is 2.98. The van der Waals surface area contributed by atoms with E-state index in [2.05, 4.69) is 5.32 Å². The Morgan fingerprint density at radius 1 is 1.05 bits per heavy atom. The zero-order chi connectivity index (χ0) is 30.1. The highest BCUT2D eigenvalue weighted by molar-refractivity contribution is 5.97. The molecule has 10 nitrogen and oxygen atoms in total. The van der Waals surface area contributed by atoms with E-state index in [9.17, 15) is 19.2 Å². The quantitative estimate of drug-likeness (QED) is 0.262. The number of aryl methyl sites for hydroxylation is 1. The van der Waals surface area contributed by atoms with Gasteiger partial charge in [-0.25, -0.2) is 0 Å². The molecule has 10 heteroatoms. The number of nitrogens with two attached hydrogens (primary N) is 1. The van der Waals surface area contributed by atoms with Gasteiger partial charge >= 0.3 is 0 Å². The maximum Gasteiger partial charge on any atom is 0.246 e. The van der Waals surface area contributed by atoms with Crippen molar-refractivity contribution in [2.45, 2.75) is 57.5 Å². The second-order valence-electron chi connectivity index (χ2n) is 11.4. The summed E-state index contributed by atoms with van der Waals surface area (Å²) in [7, 11) is 0. The fraction of sp³-hybridized carbons (Fsp3) is 0.469. The van der Waals surface area contributed by atoms with Gasteiger partial charge in [0.05, 0.1) is 12.6 Å². The van der Waals surface area contributed by atoms with Crippen LogP contribution >= 0.6 is 0 Å². The molecule has 224 valence electrons. The zero-order valence-corrected chi connectivity index (χ0v) is 24.3. The number of hydrogen-bond donors (Lipinski definition) is 3. The predicted octanol–water partition coefficient (Wildman–Crippen LogP) is 1.97. The molecule has 0 saturated carbocycles. The van der Waals surface area contributed by atoms with Crippen molar-refractivity contribution in [1.29, 1.82) is 5.41 Å². The van der Waals surface area contributed by atoms with Crippen molar-refractivity contribution in [1.82, 2.24) is 20.0 Å². The van der Waals surface area contributed by atoms with Crippen LogP contribution < -0.4 is 11.1 Å². The highest BCUT2D eigenvalue weighted by Gasteiger charge is 2.40. The van der Waals surface area contributed by atoms with Crippen LogP contribution in [0.25, 0.3) is 0 Å². The summed E-state index contributed by atoms with van der Waals surface area (Å²) < 4.78 is 0. The first-order chi connectivity index (χ1) is 20.2. The summed E-state index contributed by atoms with van der Waals surface area (Å²) in [6.07, 6.45) is 3.99. The van der Waals surface area contributed by atoms with E-state index >= 15 is 0 Å². The van der Waals surface area contributed by atoms with Crippen LogP contribution in [0.15, 0.2) is 60.7 Å². The summed E-state index contributed by atoms with van der Waals surface area (Å²) in [5.74, 6) is -0.982. The van der Waals surface area contributed by atoms with Crippen molar-refractivity contribution >= 4 is 29.5 Å². The van der Waals surface area contributed by atoms with Crippen LogP contribution in [0.3, 0.4) is 0 Å². The number of rotatable bonds is 12. The Morgan fingerprint density at radius 3 is 2.36 bits per heavy atom. The number of likely N-dealkylation sites (tertiary alicyclic amines) is 1. The molecule has 2 heterocycles. The van der Waals surface area contributed by atoms with Crippen molar-refractivity contribution in [3.63, 3.8) is 0 Å². The van der Waals surface area contributed by atoms with Gasteiger partial charge in [0.25, 0.3) is 0 Å². The Morgan fingerprint density at radius 2 is 1.71 bits per heavy atom. The van der Waals surface area contributed by atoms with E-state index in [1.54, 1.807) is 9.80 Å². The number of nitrogens with one attached hydrogen (secondary N) is 2. The van der Waals surface area contributed by atoms with Crippen LogP contribution in [0.4, 0.5) is 0 Å². The number of Topliss-reactive ketones (excluding diaryl/α,β-unsaturated/α-hetero) is 1. The molecule has 4 rings (SSSR count). The third-order valence-corrected chi connectivity index (χ3v) is 8.20. The summed E-state index contributed by atoms with van der Waals surface area (Å²) >= 11 is 0. The monoisotopic (exact) mass is 574 g/mol. The van der Waals surface area contributed by atoms with Gasteiger partial charge in [0.1, 0.15) is 12.6 Å². The summed E-state index contributed by atoms with van der Waals surface area (Å²) in [5, 5.41) is 10.6. The first kappa shape index (κ1) is 30.7. The van der Waals surface area contributed by atoms with Crippen LogP contribution in [-0.4, -0.2) is 89.0 Å². The number of carbonyl (C=O) groups excluding carboxylic acids is 4. The second kappa shape index (κ2) is 14.6. The molecule has 2 aliphatic heterocycles. The van der Waals surface area contributed by atoms with Crippen LogP contribution in [0.2, 0.25) is 0 Å². The smallest absolute Gasteiger partial charge is 0.246 e. The molecule has 0 aliphatic carbocycles. The Bertz CT molecular complexity index is 1250. The van der Waals surface area contributed by atoms with Gasteiger partial charge in [-0.3, -0.25) is 24.6 Å². The minimum absolute atomic E-state index is 0.00922. The van der Waals surface area contributed by atoms with Crippen molar-refractivity contribution in [2.24, 2.45) is 11.7 Å². The van der Waals surface area contributed by atoms with Gasteiger partial charge in [-0.05, 0) is 56.1 Å². The van der Waals surface area contributed by atoms with E-state index in [0.717, 1.165) is 31.2 Å². The standard InChI is InChI=1S/C32H42N6O4/c1-23(39)27(18-26-15-9-17-37(20-26)32(33)34)35-29(40)21-38-28(19-25-12-6-3-7-13-25)31(42)36(22-30(38)41)16-8-14-24-10-4-2-5-11-24/h2-7,10-13,26-28H,8-9,14-22H2,1H3,(H3,33,34)(H,35,40). The van der Waals surface area contributed by atoms with Crippen LogP contribution in [0.5, 0.6) is 0 Å². The second-order valence-corrected chi connectivity index (χ2v) is 11.4. The molecule has 3 unspecified atom stereocenters. The van der Waals surface area contributed by atoms with E-state index in [1.807, 2.05) is 60.7 Å². The molecule has 3 atom stereocenters. The molecular weight excluding hydrogens is 532 g/mol. The first-order valence-corrected chi connectivity index (χ1v) is 14.8. The number of benzene rings is 2. The van der Waals surface area contributed by atoms with E-state index in [1.165, 1.54) is 17.4 Å². The lowest BCUT2D eigenvalue weighted by Crippen LogP contribution is -2.62. The number of ketones is 1. The number of amides is 3. The normalized spacial score (nSPS) is 19.9. The molecule has 0 bridgehead atoms. The highest BCUT2D eigenvalue weighted by atomic mass is 16.2. The fourth-order valence-corrected chi connectivity index (χ4v) is 5.92. The minimum atomic E-state index is -0.811. The molecular formula is C32H42N6O4. The molecule has 2 aromatic rings. The number of guanidine groups is 1. The molecule has 42 heavy (non-hydrogen) atoms. The molecule has 2 saturated heterocycles. The topological polar surface area (TPSA) is 140 Å². The Balaban J connectivity index is 1.42. The maximum absolute atomic E-state index is 13.7. The number of carbonyl (C=O) groups is 4. The first-order valence-electron chi connectivity index (χ1n) is 14.8. The van der Waals surface area contributed by atoms with Gasteiger partial charge in [-0.2, -0.15) is 0 Å². The van der Waals surface area contributed by atoms with E-state index in [0.29, 0.717) is 32.5 Å². The van der Waals surface area contributed by atoms with Crippen molar-refractivity contribution < 1.29 is 19.2 Å². The van der Waals surface area contributed by atoms with Gasteiger partial charge in [-0.15, -0.1) is 0 Å². The number of piperazine rings is 1. The van der Waals surface area contributed by atoms with Crippen molar-refractivity contribution in [2.75, 3.05) is 32.7 Å². The molecule has 2 fully saturated rings. The number of piperidine rings is 1. The lowest BCUT2D eigenvalue weighted by molar-refractivity contribution is -0.157. The molecule has 0 spiro atoms. The highest BCUT2D eigenvalue weighted by Crippen LogP contribution is 2.22. The minimum Gasteiger partial charge on any atom is -0.370 e. The van der Waals surface area contributed by atoms with Crippen LogP contribution in [-0.2, 0) is 32.0 Å². The van der Waals surface area contributed by atoms with Crippen molar-refractivity contribution in [3.8, 4) is 0 Å². The molecule has 0 aromatic heterocycles. The lowest BCUT2D eigenvalue weighted by Gasteiger charge is -2.40. The summed E-state index contributed by atoms with van der Waals surface area (Å²) in [4.78, 5) is 57.6. The van der Waals surface area contributed by atoms with Gasteiger partial charge in [-0.1, -0.05) is 60.7 Å². The van der Waals surface area contributed by atoms with Crippen LogP contribution in [0, 0.1) is 11.3 Å². The molecule has 2 aliphatic rings. The van der Waals surface area contributed by atoms with E-state index < -0.39 is 18.0 Å². The Hall–Kier alpha value is -4.21. The van der Waals surface area contributed by atoms with Gasteiger partial charge in [0.15, 0.2) is 11.7 Å². The van der Waals surface area contributed by atoms with Crippen molar-refractivity contribution in [3.05, 3.63) is 71.8 Å². The molecule has 0 radical (unpaired) electrons. The predicted molar refractivity (Wildman–Crippen MR) is 160 cm³/mol. The third-order valence-electron chi connectivity index (χ3n) is 8.20. The summed E-state index contributed by atoms with van der Waals surface area (Å²) in [6.45, 7) is 2.79. The number of hydrogen-bond acceptors (Lipinski definition) is 5. The molecule has 4 N–H and O–H groups in total. The van der Waals surface area contributed by atoms with Gasteiger partial charge in [0, 0.05) is 26.1 Å². The maximum atomic E-state index is 13.7. The zero-order valence-electron chi connectivity index (χ0n) is 24.3. The van der Waals surface area contributed by atoms with Gasteiger partial charge < -0.3 is 25.8 Å². The fourth-order valence-electron chi connectivity index (χ4n) is 5.92. The Labute approximate surface area is 247 Å². The van der Waals surface area contributed by atoms with E-state index in [-0.39, 0.29) is 42.6 Å². The largest absolute Gasteiger partial charge is 0.370 e. The Kier molecular flexibility index (Phi) is 10.7. The average molecular weight is 575 g/mol. The summed E-state index contributed by atoms with van der Waals surface area (Å²) in [6, 6.07) is 18.0. The molecule has 3 amide bonds. The van der Waals surface area contributed by atoms with E-state index in [4.69, 9.17) is 11.1 Å². The summed E-state index contributed by atoms with van der Waals surface area (Å²) in [5.41, 5.74) is 7.74. The SMILES string of the molecule is CC(=O)C(CC1CCCN(C(=N)N)C1)NC(=O)CN1C(=O)CN(CCCc2ccccc2)C(=O)C1Cc1ccccc1. The lowest BCUT2D eigenvalue weighted by atomic mass is 9.90. The van der Waals surface area contributed by atoms with Crippen LogP contribution in [0.1, 0.15) is 43.7 Å². The molecule has 2 aromatic carbocycles.